The zero-order valence-electron chi connectivity index (χ0n) is 11.0. The topological polar surface area (TPSA) is 70.6 Å². The summed E-state index contributed by atoms with van der Waals surface area (Å²) in [6.07, 6.45) is 1.50. The minimum absolute atomic E-state index is 0.236. The molecule has 1 aromatic rings. The molecular formula is C13H16F2N2O3. The van der Waals surface area contributed by atoms with Gasteiger partial charge in [-0.05, 0) is 19.3 Å². The molecule has 0 unspecified atom stereocenters. The lowest BCUT2D eigenvalue weighted by Crippen LogP contribution is -2.42. The van der Waals surface area contributed by atoms with E-state index in [4.69, 9.17) is 0 Å². The van der Waals surface area contributed by atoms with E-state index in [9.17, 15) is 18.7 Å². The first kappa shape index (κ1) is 14.5. The number of carbonyl (C=O) groups is 1. The van der Waals surface area contributed by atoms with Gasteiger partial charge in [0.05, 0.1) is 24.9 Å². The Hall–Kier alpha value is -1.89. The third-order valence-electron chi connectivity index (χ3n) is 3.29. The van der Waals surface area contributed by atoms with Gasteiger partial charge in [-0.15, -0.1) is 0 Å². The average molecular weight is 286 g/mol. The number of anilines is 1. The highest BCUT2D eigenvalue weighted by Gasteiger charge is 2.26. The number of hydrogen-bond donors (Lipinski definition) is 3. The highest BCUT2D eigenvalue weighted by atomic mass is 19.1. The Balaban J connectivity index is 2.02. The fraction of sp³-hybridized carbons (Fsp3) is 0.462. The zero-order valence-corrected chi connectivity index (χ0v) is 11.0. The van der Waals surface area contributed by atoms with E-state index in [1.54, 1.807) is 0 Å². The number of benzene rings is 1. The summed E-state index contributed by atoms with van der Waals surface area (Å²) in [7, 11) is 1.22. The summed E-state index contributed by atoms with van der Waals surface area (Å²) in [6, 6.07) is 0.661. The smallest absolute Gasteiger partial charge is 0.319 e. The number of urea groups is 1. The molecule has 2 amide bonds. The van der Waals surface area contributed by atoms with Gasteiger partial charge in [0.15, 0.2) is 17.4 Å². The lowest BCUT2D eigenvalue weighted by molar-refractivity contribution is 0.151. The molecule has 0 aliphatic heterocycles. The molecule has 0 radical (unpaired) electrons. The third kappa shape index (κ3) is 3.16. The van der Waals surface area contributed by atoms with Crippen LogP contribution in [0.1, 0.15) is 19.3 Å². The lowest BCUT2D eigenvalue weighted by atomic mass is 10.2. The standard InChI is InChI=1S/C13H16F2N2O3/c1-20-12-6-7(14)10(5-8(12)15)17-13(19)16-9-3-2-4-11(9)18/h5-6,9,11,18H,2-4H2,1H3,(H2,16,17,19)/t9-,11-/m1/s1. The number of carbonyl (C=O) groups excluding carboxylic acids is 1. The summed E-state index contributed by atoms with van der Waals surface area (Å²) in [6.45, 7) is 0. The Morgan fingerprint density at radius 2 is 2.10 bits per heavy atom. The van der Waals surface area contributed by atoms with E-state index in [2.05, 4.69) is 15.4 Å². The summed E-state index contributed by atoms with van der Waals surface area (Å²) >= 11 is 0. The van der Waals surface area contributed by atoms with Crippen LogP contribution < -0.4 is 15.4 Å². The van der Waals surface area contributed by atoms with Crippen molar-refractivity contribution in [3.63, 3.8) is 0 Å². The number of rotatable bonds is 3. The number of aliphatic hydroxyl groups is 1. The Kier molecular flexibility index (Phi) is 4.39. The second-order valence-corrected chi connectivity index (χ2v) is 4.67. The Morgan fingerprint density at radius 3 is 2.70 bits per heavy atom. The van der Waals surface area contributed by atoms with Gasteiger partial charge in [0.2, 0.25) is 0 Å². The SMILES string of the molecule is COc1cc(F)c(NC(=O)N[C@@H]2CCC[C@H]2O)cc1F. The molecule has 3 N–H and O–H groups in total. The maximum absolute atomic E-state index is 13.6. The number of amides is 2. The van der Waals surface area contributed by atoms with Crippen LogP contribution in [0.4, 0.5) is 19.3 Å². The van der Waals surface area contributed by atoms with Crippen LogP contribution in [0.15, 0.2) is 12.1 Å². The largest absolute Gasteiger partial charge is 0.494 e. The molecule has 1 fully saturated rings. The minimum Gasteiger partial charge on any atom is -0.494 e. The molecule has 2 atom stereocenters. The quantitative estimate of drug-likeness (QED) is 0.796. The molecular weight excluding hydrogens is 270 g/mol. The Bertz CT molecular complexity index is 511. The molecule has 2 rings (SSSR count). The summed E-state index contributed by atoms with van der Waals surface area (Å²) in [5.41, 5.74) is -0.284. The third-order valence-corrected chi connectivity index (χ3v) is 3.29. The van der Waals surface area contributed by atoms with Gasteiger partial charge in [-0.2, -0.15) is 0 Å². The van der Waals surface area contributed by atoms with Gasteiger partial charge in [0.1, 0.15) is 0 Å². The monoisotopic (exact) mass is 286 g/mol. The first-order chi connectivity index (χ1) is 9.51. The second kappa shape index (κ2) is 6.04. The van der Waals surface area contributed by atoms with E-state index in [-0.39, 0.29) is 17.5 Å². The lowest BCUT2D eigenvalue weighted by Gasteiger charge is -2.17. The van der Waals surface area contributed by atoms with E-state index in [0.29, 0.717) is 12.8 Å². The van der Waals surface area contributed by atoms with E-state index >= 15 is 0 Å². The molecule has 0 saturated heterocycles. The Morgan fingerprint density at radius 1 is 1.35 bits per heavy atom. The van der Waals surface area contributed by atoms with Crippen molar-refractivity contribution in [2.45, 2.75) is 31.4 Å². The van der Waals surface area contributed by atoms with Crippen LogP contribution in [0, 0.1) is 11.6 Å². The van der Waals surface area contributed by atoms with Crippen molar-refractivity contribution < 1.29 is 23.4 Å². The number of aliphatic hydroxyl groups excluding tert-OH is 1. The first-order valence-electron chi connectivity index (χ1n) is 6.30. The fourth-order valence-corrected chi connectivity index (χ4v) is 2.22. The predicted octanol–water partition coefficient (Wildman–Crippen LogP) is 2.01. The molecule has 0 spiro atoms. The number of nitrogens with one attached hydrogen (secondary N) is 2. The molecule has 1 aliphatic rings. The molecule has 0 aromatic heterocycles. The number of halogens is 2. The highest BCUT2D eigenvalue weighted by molar-refractivity contribution is 5.89. The van der Waals surface area contributed by atoms with E-state index < -0.39 is 23.8 Å². The molecule has 7 heteroatoms. The molecule has 1 saturated carbocycles. The zero-order chi connectivity index (χ0) is 14.7. The van der Waals surface area contributed by atoms with Crippen LogP contribution in [0.2, 0.25) is 0 Å². The molecule has 0 bridgehead atoms. The van der Waals surface area contributed by atoms with Crippen LogP contribution in [-0.4, -0.2) is 30.4 Å². The van der Waals surface area contributed by atoms with Crippen molar-refractivity contribution in [3.8, 4) is 5.75 Å². The summed E-state index contributed by atoms with van der Waals surface area (Å²) in [5.74, 6) is -1.81. The van der Waals surface area contributed by atoms with Gasteiger partial charge < -0.3 is 20.5 Å². The van der Waals surface area contributed by atoms with Gasteiger partial charge >= 0.3 is 6.03 Å². The number of ether oxygens (including phenoxy) is 1. The van der Waals surface area contributed by atoms with Crippen LogP contribution in [0.3, 0.4) is 0 Å². The van der Waals surface area contributed by atoms with Crippen LogP contribution in [0.5, 0.6) is 5.75 Å². The van der Waals surface area contributed by atoms with Crippen LogP contribution in [-0.2, 0) is 0 Å². The molecule has 1 aliphatic carbocycles. The van der Waals surface area contributed by atoms with Gasteiger partial charge in [-0.3, -0.25) is 0 Å². The van der Waals surface area contributed by atoms with Crippen LogP contribution in [0.25, 0.3) is 0 Å². The minimum atomic E-state index is -0.801. The van der Waals surface area contributed by atoms with E-state index in [0.717, 1.165) is 18.6 Å². The van der Waals surface area contributed by atoms with Crippen LogP contribution >= 0.6 is 0 Å². The van der Waals surface area contributed by atoms with Crippen molar-refractivity contribution in [2.24, 2.45) is 0 Å². The first-order valence-corrected chi connectivity index (χ1v) is 6.30. The van der Waals surface area contributed by atoms with Crippen molar-refractivity contribution in [1.29, 1.82) is 0 Å². The summed E-state index contributed by atoms with van der Waals surface area (Å²) in [4.78, 5) is 11.7. The maximum atomic E-state index is 13.6. The van der Waals surface area contributed by atoms with E-state index in [1.807, 2.05) is 0 Å². The average Bonchev–Trinajstić information content (AvgIpc) is 2.79. The second-order valence-electron chi connectivity index (χ2n) is 4.67. The summed E-state index contributed by atoms with van der Waals surface area (Å²) < 4.78 is 31.7. The summed E-state index contributed by atoms with van der Waals surface area (Å²) in [5, 5.41) is 14.3. The van der Waals surface area contributed by atoms with E-state index in [1.165, 1.54) is 7.11 Å². The number of hydrogen-bond acceptors (Lipinski definition) is 3. The van der Waals surface area contributed by atoms with Crippen molar-refractivity contribution in [2.75, 3.05) is 12.4 Å². The van der Waals surface area contributed by atoms with Gasteiger partial charge in [-0.25, -0.2) is 13.6 Å². The molecule has 0 heterocycles. The maximum Gasteiger partial charge on any atom is 0.319 e. The highest BCUT2D eigenvalue weighted by Crippen LogP contribution is 2.25. The van der Waals surface area contributed by atoms with Crippen molar-refractivity contribution >= 4 is 11.7 Å². The van der Waals surface area contributed by atoms with Crippen molar-refractivity contribution in [3.05, 3.63) is 23.8 Å². The normalized spacial score (nSPS) is 21.6. The predicted molar refractivity (Wildman–Crippen MR) is 68.7 cm³/mol. The molecule has 5 nitrogen and oxygen atoms in total. The molecule has 1 aromatic carbocycles. The molecule has 20 heavy (non-hydrogen) atoms. The fourth-order valence-electron chi connectivity index (χ4n) is 2.22. The van der Waals surface area contributed by atoms with Gasteiger partial charge in [-0.1, -0.05) is 0 Å². The molecule has 110 valence electrons. The van der Waals surface area contributed by atoms with Gasteiger partial charge in [0, 0.05) is 12.1 Å². The van der Waals surface area contributed by atoms with Crippen molar-refractivity contribution in [1.82, 2.24) is 5.32 Å². The Labute approximate surface area is 114 Å². The number of methoxy groups -OCH3 is 1. The van der Waals surface area contributed by atoms with Gasteiger partial charge in [0.25, 0.3) is 0 Å².